The van der Waals surface area contributed by atoms with Gasteiger partial charge in [0.05, 0.1) is 18.1 Å². The summed E-state index contributed by atoms with van der Waals surface area (Å²) in [5, 5.41) is 26.1. The summed E-state index contributed by atoms with van der Waals surface area (Å²) >= 11 is 0. The maximum Gasteiger partial charge on any atom is 0.278 e. The van der Waals surface area contributed by atoms with Gasteiger partial charge in [-0.05, 0) is 25.0 Å². The zero-order valence-electron chi connectivity index (χ0n) is 15.9. The highest BCUT2D eigenvalue weighted by atomic mass is 16.2. The highest BCUT2D eigenvalue weighted by molar-refractivity contribution is 6.06. The Bertz CT molecular complexity index is 1070. The van der Waals surface area contributed by atoms with Crippen molar-refractivity contribution in [3.63, 3.8) is 0 Å². The van der Waals surface area contributed by atoms with E-state index in [2.05, 4.69) is 36.1 Å². The van der Waals surface area contributed by atoms with E-state index in [0.717, 1.165) is 12.8 Å². The van der Waals surface area contributed by atoms with Gasteiger partial charge in [-0.1, -0.05) is 18.2 Å². The smallest absolute Gasteiger partial charge is 0.278 e. The average molecular weight is 401 g/mol. The fourth-order valence-corrected chi connectivity index (χ4v) is 3.02. The number of hydrogen-bond acceptors (Lipinski definition) is 9. The standard InChI is InChI=1S/C20H19N9O/c21-9-15-10-24-18(11-23-15)27-17-8-16(25-14-6-12(22)7-14)19(29-28-17)20(30)26-13-4-2-1-3-5-13/h1-5,8,10-12,14H,6-7,22H2,(H,26,30)(H2,24,25,27,28). The molecule has 1 aliphatic rings. The summed E-state index contributed by atoms with van der Waals surface area (Å²) in [5.41, 5.74) is 7.47. The lowest BCUT2D eigenvalue weighted by Gasteiger charge is -2.34. The van der Waals surface area contributed by atoms with E-state index in [1.807, 2.05) is 24.3 Å². The Kier molecular flexibility index (Phi) is 5.45. The van der Waals surface area contributed by atoms with Crippen molar-refractivity contribution in [1.29, 1.82) is 5.26 Å². The molecule has 5 N–H and O–H groups in total. The summed E-state index contributed by atoms with van der Waals surface area (Å²) in [4.78, 5) is 20.8. The minimum Gasteiger partial charge on any atom is -0.380 e. The van der Waals surface area contributed by atoms with Crippen LogP contribution in [0, 0.1) is 11.3 Å². The van der Waals surface area contributed by atoms with Gasteiger partial charge < -0.3 is 21.7 Å². The van der Waals surface area contributed by atoms with Crippen molar-refractivity contribution >= 4 is 28.9 Å². The number of nitrogens with zero attached hydrogens (tertiary/aromatic N) is 5. The van der Waals surface area contributed by atoms with Gasteiger partial charge in [0.1, 0.15) is 11.9 Å². The lowest BCUT2D eigenvalue weighted by atomic mass is 9.87. The van der Waals surface area contributed by atoms with E-state index in [-0.39, 0.29) is 29.4 Å². The van der Waals surface area contributed by atoms with Crippen molar-refractivity contribution in [3.05, 3.63) is 60.2 Å². The van der Waals surface area contributed by atoms with Gasteiger partial charge in [0.15, 0.2) is 17.2 Å². The van der Waals surface area contributed by atoms with Crippen LogP contribution in [-0.2, 0) is 0 Å². The molecule has 3 aromatic rings. The van der Waals surface area contributed by atoms with Crippen molar-refractivity contribution in [1.82, 2.24) is 20.2 Å². The van der Waals surface area contributed by atoms with Gasteiger partial charge in [-0.2, -0.15) is 5.26 Å². The predicted octanol–water partition coefficient (Wildman–Crippen LogP) is 2.04. The molecule has 1 fully saturated rings. The van der Waals surface area contributed by atoms with Crippen LogP contribution in [0.1, 0.15) is 29.0 Å². The number of carbonyl (C=O) groups excluding carboxylic acids is 1. The molecule has 10 nitrogen and oxygen atoms in total. The summed E-state index contributed by atoms with van der Waals surface area (Å²) in [6.45, 7) is 0. The van der Waals surface area contributed by atoms with E-state index in [1.54, 1.807) is 18.2 Å². The molecule has 0 unspecified atom stereocenters. The summed E-state index contributed by atoms with van der Waals surface area (Å²) in [6.07, 6.45) is 4.40. The third kappa shape index (κ3) is 4.48. The number of hydrogen-bond donors (Lipinski definition) is 4. The summed E-state index contributed by atoms with van der Waals surface area (Å²) in [7, 11) is 0. The van der Waals surface area contributed by atoms with Crippen molar-refractivity contribution in [3.8, 4) is 6.07 Å². The number of carbonyl (C=O) groups is 1. The van der Waals surface area contributed by atoms with Crippen molar-refractivity contribution < 1.29 is 4.79 Å². The first-order valence-electron chi connectivity index (χ1n) is 9.36. The first-order valence-corrected chi connectivity index (χ1v) is 9.36. The van der Waals surface area contributed by atoms with Gasteiger partial charge in [0, 0.05) is 23.8 Å². The Morgan fingerprint density at radius 2 is 1.90 bits per heavy atom. The number of benzene rings is 1. The highest BCUT2D eigenvalue weighted by Crippen LogP contribution is 2.26. The number of aromatic nitrogens is 4. The maximum absolute atomic E-state index is 12.8. The maximum atomic E-state index is 12.8. The van der Waals surface area contributed by atoms with Gasteiger partial charge in [0.25, 0.3) is 5.91 Å². The number of nitrogens with one attached hydrogen (secondary N) is 3. The van der Waals surface area contributed by atoms with Crippen molar-refractivity contribution in [2.75, 3.05) is 16.0 Å². The van der Waals surface area contributed by atoms with Crippen LogP contribution >= 0.6 is 0 Å². The molecule has 30 heavy (non-hydrogen) atoms. The normalized spacial score (nSPS) is 17.3. The average Bonchev–Trinajstić information content (AvgIpc) is 2.74. The SMILES string of the molecule is N#Cc1cnc(Nc2cc(NC3CC(N)C3)c(C(=O)Nc3ccccc3)nn2)cn1. The lowest BCUT2D eigenvalue weighted by molar-refractivity contribution is 0.102. The summed E-state index contributed by atoms with van der Waals surface area (Å²) < 4.78 is 0. The van der Waals surface area contributed by atoms with Crippen LogP contribution in [-0.4, -0.2) is 38.2 Å². The molecule has 0 spiro atoms. The van der Waals surface area contributed by atoms with Crippen molar-refractivity contribution in [2.45, 2.75) is 24.9 Å². The first kappa shape index (κ1) is 19.2. The molecule has 4 rings (SSSR count). The Hall–Kier alpha value is -4.10. The molecule has 0 bridgehead atoms. The predicted molar refractivity (Wildman–Crippen MR) is 111 cm³/mol. The van der Waals surface area contributed by atoms with Crippen molar-refractivity contribution in [2.24, 2.45) is 5.73 Å². The Morgan fingerprint density at radius 3 is 2.57 bits per heavy atom. The zero-order chi connectivity index (χ0) is 20.9. The molecule has 1 aromatic carbocycles. The third-order valence-electron chi connectivity index (χ3n) is 4.60. The highest BCUT2D eigenvalue weighted by Gasteiger charge is 2.27. The van der Waals surface area contributed by atoms with Crippen LogP contribution in [0.3, 0.4) is 0 Å². The summed E-state index contributed by atoms with van der Waals surface area (Å²) in [5.74, 6) is 0.419. The molecule has 0 aliphatic heterocycles. The minimum absolute atomic E-state index is 0.158. The van der Waals surface area contributed by atoms with Gasteiger partial charge in [-0.25, -0.2) is 9.97 Å². The largest absolute Gasteiger partial charge is 0.380 e. The molecule has 0 saturated heterocycles. The van der Waals surface area contributed by atoms with E-state index in [0.29, 0.717) is 23.0 Å². The Morgan fingerprint density at radius 1 is 1.10 bits per heavy atom. The number of anilines is 4. The van der Waals surface area contributed by atoms with Crippen LogP contribution < -0.4 is 21.7 Å². The van der Waals surface area contributed by atoms with Crippen LogP contribution in [0.2, 0.25) is 0 Å². The molecular weight excluding hydrogens is 382 g/mol. The molecule has 0 radical (unpaired) electrons. The van der Waals surface area contributed by atoms with Crippen LogP contribution in [0.25, 0.3) is 0 Å². The topological polar surface area (TPSA) is 155 Å². The zero-order valence-corrected chi connectivity index (χ0v) is 15.9. The number of rotatable bonds is 6. The monoisotopic (exact) mass is 401 g/mol. The molecule has 2 heterocycles. The van der Waals surface area contributed by atoms with Gasteiger partial charge in [-0.3, -0.25) is 4.79 Å². The second-order valence-electron chi connectivity index (χ2n) is 6.91. The van der Waals surface area contributed by atoms with Crippen LogP contribution in [0.15, 0.2) is 48.8 Å². The molecule has 0 atom stereocenters. The lowest BCUT2D eigenvalue weighted by Crippen LogP contribution is -2.44. The second kappa shape index (κ2) is 8.50. The van der Waals surface area contributed by atoms with Crippen LogP contribution in [0.5, 0.6) is 0 Å². The van der Waals surface area contributed by atoms with Gasteiger partial charge in [-0.15, -0.1) is 10.2 Å². The molecule has 10 heteroatoms. The van der Waals surface area contributed by atoms with E-state index in [9.17, 15) is 4.79 Å². The number of nitriles is 1. The number of amides is 1. The molecule has 1 amide bonds. The minimum atomic E-state index is -0.371. The van der Waals surface area contributed by atoms with E-state index >= 15 is 0 Å². The second-order valence-corrected chi connectivity index (χ2v) is 6.91. The number of para-hydroxylation sites is 1. The number of nitrogens with two attached hydrogens (primary N) is 1. The van der Waals surface area contributed by atoms with Gasteiger partial charge >= 0.3 is 0 Å². The van der Waals surface area contributed by atoms with Crippen LogP contribution in [0.4, 0.5) is 23.0 Å². The van der Waals surface area contributed by atoms with Gasteiger partial charge in [0.2, 0.25) is 0 Å². The molecular formula is C20H19N9O. The Balaban J connectivity index is 1.57. The molecule has 1 saturated carbocycles. The molecule has 1 aliphatic carbocycles. The Labute approximate surface area is 172 Å². The van der Waals surface area contributed by atoms with E-state index in [1.165, 1.54) is 12.4 Å². The molecule has 150 valence electrons. The summed E-state index contributed by atoms with van der Waals surface area (Å²) in [6, 6.07) is 13.1. The van der Waals surface area contributed by atoms with E-state index < -0.39 is 0 Å². The fourth-order valence-electron chi connectivity index (χ4n) is 3.02. The van der Waals surface area contributed by atoms with E-state index in [4.69, 9.17) is 11.0 Å². The quantitative estimate of drug-likeness (QED) is 0.485. The third-order valence-corrected chi connectivity index (χ3v) is 4.60. The first-order chi connectivity index (χ1) is 14.6. The fraction of sp³-hybridized carbons (Fsp3) is 0.200. The molecule has 2 aromatic heterocycles.